The Morgan fingerprint density at radius 3 is 2.76 bits per heavy atom. The van der Waals surface area contributed by atoms with E-state index in [-0.39, 0.29) is 11.7 Å². The second kappa shape index (κ2) is 8.09. The highest BCUT2D eigenvalue weighted by atomic mass is 35.5. The Hall–Kier alpha value is -2.50. The number of aryl methyl sites for hydroxylation is 1. The molecule has 3 aromatic rings. The second-order valence-corrected chi connectivity index (χ2v) is 7.83. The summed E-state index contributed by atoms with van der Waals surface area (Å²) < 4.78 is 16.4. The number of ether oxygens (including phenoxy) is 2. The molecule has 0 radical (unpaired) electrons. The van der Waals surface area contributed by atoms with Gasteiger partial charge in [0.05, 0.1) is 14.2 Å². The minimum atomic E-state index is -0.341. The molecule has 5 nitrogen and oxygen atoms in total. The molecule has 2 aromatic carbocycles. The Labute approximate surface area is 174 Å². The Balaban J connectivity index is 1.71. The highest BCUT2D eigenvalue weighted by Gasteiger charge is 2.29. The average Bonchev–Trinajstić information content (AvgIpc) is 3.16. The number of fused-ring (bicyclic) bond motifs is 1. The van der Waals surface area contributed by atoms with Crippen molar-refractivity contribution < 1.29 is 13.9 Å². The summed E-state index contributed by atoms with van der Waals surface area (Å²) in [4.78, 5) is 14.5. The maximum Gasteiger partial charge on any atom is 0.336 e. The molecule has 1 aliphatic rings. The summed E-state index contributed by atoms with van der Waals surface area (Å²) in [7, 11) is 3.33. The van der Waals surface area contributed by atoms with Crippen LogP contribution in [0, 0.1) is 6.92 Å². The van der Waals surface area contributed by atoms with Crippen molar-refractivity contribution in [3.05, 3.63) is 68.5 Å². The van der Waals surface area contributed by atoms with Gasteiger partial charge in [0.1, 0.15) is 17.1 Å². The quantitative estimate of drug-likeness (QED) is 0.544. The zero-order chi connectivity index (χ0) is 20.5. The Morgan fingerprint density at radius 2 is 2.00 bits per heavy atom. The fourth-order valence-corrected chi connectivity index (χ4v) is 4.32. The van der Waals surface area contributed by atoms with Crippen LogP contribution in [0.1, 0.15) is 35.6 Å². The fourth-order valence-electron chi connectivity index (χ4n) is 4.16. The van der Waals surface area contributed by atoms with E-state index in [2.05, 4.69) is 11.0 Å². The molecule has 1 aromatic heterocycles. The third kappa shape index (κ3) is 3.85. The topological polar surface area (TPSA) is 51.9 Å². The van der Waals surface area contributed by atoms with Gasteiger partial charge in [-0.3, -0.25) is 4.90 Å². The van der Waals surface area contributed by atoms with Gasteiger partial charge in [-0.15, -0.1) is 0 Å². The van der Waals surface area contributed by atoms with Gasteiger partial charge >= 0.3 is 5.63 Å². The van der Waals surface area contributed by atoms with E-state index in [4.69, 9.17) is 25.5 Å². The van der Waals surface area contributed by atoms with Crippen LogP contribution in [-0.4, -0.2) is 25.7 Å². The highest BCUT2D eigenvalue weighted by Crippen LogP contribution is 2.40. The van der Waals surface area contributed by atoms with Crippen LogP contribution in [0.5, 0.6) is 11.5 Å². The summed E-state index contributed by atoms with van der Waals surface area (Å²) in [5, 5.41) is 1.55. The van der Waals surface area contributed by atoms with E-state index in [1.807, 2.05) is 31.2 Å². The first kappa shape index (κ1) is 19.8. The van der Waals surface area contributed by atoms with Crippen molar-refractivity contribution >= 4 is 22.6 Å². The van der Waals surface area contributed by atoms with Crippen LogP contribution in [0.25, 0.3) is 11.0 Å². The molecule has 2 heterocycles. The predicted octanol–water partition coefficient (Wildman–Crippen LogP) is 5.11. The molecule has 29 heavy (non-hydrogen) atoms. The third-order valence-corrected chi connectivity index (χ3v) is 6.05. The second-order valence-electron chi connectivity index (χ2n) is 7.42. The normalized spacial score (nSPS) is 17.0. The fraction of sp³-hybridized carbons (Fsp3) is 0.348. The average molecular weight is 414 g/mol. The molecule has 0 amide bonds. The molecule has 0 aliphatic carbocycles. The maximum atomic E-state index is 12.1. The van der Waals surface area contributed by atoms with Crippen molar-refractivity contribution in [1.29, 1.82) is 0 Å². The van der Waals surface area contributed by atoms with Crippen LogP contribution >= 0.6 is 11.6 Å². The van der Waals surface area contributed by atoms with E-state index in [1.54, 1.807) is 20.3 Å². The van der Waals surface area contributed by atoms with Gasteiger partial charge in [0.25, 0.3) is 0 Å². The number of nitrogens with zero attached hydrogens (tertiary/aromatic N) is 1. The monoisotopic (exact) mass is 413 g/mol. The minimum Gasteiger partial charge on any atom is -0.497 e. The molecule has 6 heteroatoms. The zero-order valence-electron chi connectivity index (χ0n) is 16.8. The number of hydrogen-bond acceptors (Lipinski definition) is 5. The molecule has 1 atom stereocenters. The largest absolute Gasteiger partial charge is 0.497 e. The van der Waals surface area contributed by atoms with E-state index in [1.165, 1.54) is 0 Å². The number of likely N-dealkylation sites (tertiary alicyclic amines) is 1. The first-order valence-electron chi connectivity index (χ1n) is 9.69. The lowest BCUT2D eigenvalue weighted by Gasteiger charge is -2.26. The van der Waals surface area contributed by atoms with Gasteiger partial charge in [-0.25, -0.2) is 4.79 Å². The van der Waals surface area contributed by atoms with Crippen LogP contribution in [-0.2, 0) is 6.54 Å². The van der Waals surface area contributed by atoms with Gasteiger partial charge < -0.3 is 13.9 Å². The van der Waals surface area contributed by atoms with Gasteiger partial charge in [0, 0.05) is 40.7 Å². The van der Waals surface area contributed by atoms with Crippen LogP contribution in [0.15, 0.2) is 45.6 Å². The van der Waals surface area contributed by atoms with Gasteiger partial charge in [0.15, 0.2) is 0 Å². The van der Waals surface area contributed by atoms with Gasteiger partial charge in [-0.1, -0.05) is 17.7 Å². The third-order valence-electron chi connectivity index (χ3n) is 5.65. The summed E-state index contributed by atoms with van der Waals surface area (Å²) in [5.74, 6) is 1.59. The lowest BCUT2D eigenvalue weighted by Crippen LogP contribution is -2.24. The predicted molar refractivity (Wildman–Crippen MR) is 114 cm³/mol. The number of methoxy groups -OCH3 is 2. The van der Waals surface area contributed by atoms with E-state index in [0.29, 0.717) is 17.2 Å². The molecule has 4 rings (SSSR count). The Kier molecular flexibility index (Phi) is 5.52. The number of hydrogen-bond donors (Lipinski definition) is 0. The molecular weight excluding hydrogens is 390 g/mol. The van der Waals surface area contributed by atoms with Crippen molar-refractivity contribution in [2.75, 3.05) is 20.8 Å². The SMILES string of the molecule is COc1ccc([C@H]2CCCN2Cc2cc(=O)oc3cc(C)c(Cl)cc23)c(OC)c1. The lowest BCUT2D eigenvalue weighted by molar-refractivity contribution is 0.243. The van der Waals surface area contributed by atoms with E-state index >= 15 is 0 Å². The van der Waals surface area contributed by atoms with Crippen LogP contribution in [0.3, 0.4) is 0 Å². The van der Waals surface area contributed by atoms with Crippen LogP contribution in [0.4, 0.5) is 0 Å². The molecule has 152 valence electrons. The van der Waals surface area contributed by atoms with Crippen LogP contribution in [0.2, 0.25) is 5.02 Å². The molecule has 1 aliphatic heterocycles. The summed E-state index contributed by atoms with van der Waals surface area (Å²) in [6, 6.07) is 11.5. The van der Waals surface area contributed by atoms with Crippen molar-refractivity contribution in [2.24, 2.45) is 0 Å². The van der Waals surface area contributed by atoms with Crippen molar-refractivity contribution in [3.8, 4) is 11.5 Å². The smallest absolute Gasteiger partial charge is 0.336 e. The molecule has 0 unspecified atom stereocenters. The summed E-state index contributed by atoms with van der Waals surface area (Å²) >= 11 is 6.35. The van der Waals surface area contributed by atoms with Crippen molar-refractivity contribution in [1.82, 2.24) is 4.90 Å². The molecule has 0 bridgehead atoms. The van der Waals surface area contributed by atoms with E-state index < -0.39 is 0 Å². The van der Waals surface area contributed by atoms with Crippen molar-refractivity contribution in [2.45, 2.75) is 32.4 Å². The van der Waals surface area contributed by atoms with Crippen LogP contribution < -0.4 is 15.1 Å². The molecule has 1 fully saturated rings. The van der Waals surface area contributed by atoms with E-state index in [9.17, 15) is 4.79 Å². The molecule has 1 saturated heterocycles. The number of rotatable bonds is 5. The van der Waals surface area contributed by atoms with Gasteiger partial charge in [-0.05, 0) is 55.6 Å². The standard InChI is InChI=1S/C23H24ClNO4/c1-14-9-22-18(12-19(14)24)15(10-23(26)29-22)13-25-8-4-5-20(25)17-7-6-16(27-2)11-21(17)28-3/h6-7,9-12,20H,4-5,8,13H2,1-3H3/t20-/m1/s1. The lowest BCUT2D eigenvalue weighted by atomic mass is 10.0. The molecule has 0 spiro atoms. The molecule has 0 saturated carbocycles. The summed E-state index contributed by atoms with van der Waals surface area (Å²) in [6.45, 7) is 3.49. The summed E-state index contributed by atoms with van der Waals surface area (Å²) in [5.41, 5.74) is 3.19. The first-order chi connectivity index (χ1) is 14.0. The maximum absolute atomic E-state index is 12.1. The number of halogens is 1. The highest BCUT2D eigenvalue weighted by molar-refractivity contribution is 6.32. The molecular formula is C23H24ClNO4. The van der Waals surface area contributed by atoms with Gasteiger partial charge in [-0.2, -0.15) is 0 Å². The molecule has 0 N–H and O–H groups in total. The Morgan fingerprint density at radius 1 is 1.17 bits per heavy atom. The first-order valence-corrected chi connectivity index (χ1v) is 10.1. The zero-order valence-corrected chi connectivity index (χ0v) is 17.6. The van der Waals surface area contributed by atoms with Crippen molar-refractivity contribution in [3.63, 3.8) is 0 Å². The number of benzene rings is 2. The minimum absolute atomic E-state index is 0.207. The van der Waals surface area contributed by atoms with E-state index in [0.717, 1.165) is 53.0 Å². The Bertz CT molecular complexity index is 1110. The summed E-state index contributed by atoms with van der Waals surface area (Å²) in [6.07, 6.45) is 2.11. The van der Waals surface area contributed by atoms with Gasteiger partial charge in [0.2, 0.25) is 0 Å².